The van der Waals surface area contributed by atoms with Gasteiger partial charge in [0.1, 0.15) is 5.75 Å². The molecule has 0 radical (unpaired) electrons. The molecule has 0 atom stereocenters. The molecule has 2 aromatic carbocycles. The summed E-state index contributed by atoms with van der Waals surface area (Å²) in [6, 6.07) is 11.2. The maximum Gasteiger partial charge on any atom is 0.573 e. The Hall–Kier alpha value is -2.70. The molecule has 1 saturated carbocycles. The van der Waals surface area contributed by atoms with E-state index in [-0.39, 0.29) is 5.75 Å². The molecule has 0 N–H and O–H groups in total. The van der Waals surface area contributed by atoms with Gasteiger partial charge >= 0.3 is 6.36 Å². The van der Waals surface area contributed by atoms with E-state index >= 15 is 0 Å². The van der Waals surface area contributed by atoms with Gasteiger partial charge in [0.25, 0.3) is 5.88 Å². The van der Waals surface area contributed by atoms with Crippen molar-refractivity contribution in [2.24, 2.45) is 5.92 Å². The molecule has 1 heterocycles. The van der Waals surface area contributed by atoms with Gasteiger partial charge in [-0.1, -0.05) is 24.6 Å². The van der Waals surface area contributed by atoms with Crippen LogP contribution in [0.15, 0.2) is 47.0 Å². The summed E-state index contributed by atoms with van der Waals surface area (Å²) in [5, 5.41) is 4.72. The van der Waals surface area contributed by atoms with Crippen molar-refractivity contribution in [1.82, 2.24) is 5.16 Å². The molecule has 0 saturated heterocycles. The van der Waals surface area contributed by atoms with Gasteiger partial charge < -0.3 is 14.0 Å². The molecule has 7 heteroatoms. The summed E-state index contributed by atoms with van der Waals surface area (Å²) >= 11 is 0. The number of aromatic nitrogens is 1. The molecule has 0 spiro atoms. The zero-order valence-electron chi connectivity index (χ0n) is 13.8. The predicted octanol–water partition coefficient (Wildman–Crippen LogP) is 5.57. The highest BCUT2D eigenvalue weighted by Crippen LogP contribution is 2.33. The molecule has 1 aliphatic carbocycles. The molecular weight excluding hydrogens is 347 g/mol. The van der Waals surface area contributed by atoms with E-state index in [4.69, 9.17) is 9.26 Å². The van der Waals surface area contributed by atoms with E-state index in [0.29, 0.717) is 24.0 Å². The van der Waals surface area contributed by atoms with Gasteiger partial charge in [-0.05, 0) is 59.3 Å². The lowest BCUT2D eigenvalue weighted by molar-refractivity contribution is -0.274. The van der Waals surface area contributed by atoms with Gasteiger partial charge in [0.15, 0.2) is 5.58 Å². The molecule has 4 rings (SSSR count). The van der Waals surface area contributed by atoms with Crippen molar-refractivity contribution in [1.29, 1.82) is 0 Å². The van der Waals surface area contributed by atoms with Crippen molar-refractivity contribution in [2.45, 2.75) is 25.6 Å². The number of benzene rings is 2. The van der Waals surface area contributed by atoms with Crippen molar-refractivity contribution in [3.8, 4) is 22.8 Å². The minimum atomic E-state index is -4.70. The maximum atomic E-state index is 12.3. The number of nitrogens with zero attached hydrogens (tertiary/aromatic N) is 1. The Morgan fingerprint density at radius 2 is 1.77 bits per heavy atom. The second kappa shape index (κ2) is 6.55. The van der Waals surface area contributed by atoms with Gasteiger partial charge in [-0.3, -0.25) is 0 Å². The largest absolute Gasteiger partial charge is 0.573 e. The Morgan fingerprint density at radius 3 is 2.42 bits per heavy atom. The van der Waals surface area contributed by atoms with Crippen LogP contribution in [0.1, 0.15) is 19.3 Å². The van der Waals surface area contributed by atoms with E-state index in [2.05, 4.69) is 9.89 Å². The first-order valence-corrected chi connectivity index (χ1v) is 8.36. The fourth-order valence-electron chi connectivity index (χ4n) is 2.91. The van der Waals surface area contributed by atoms with E-state index in [9.17, 15) is 13.2 Å². The first kappa shape index (κ1) is 16.8. The highest BCUT2D eigenvalue weighted by atomic mass is 19.4. The van der Waals surface area contributed by atoms with Crippen LogP contribution in [0.3, 0.4) is 0 Å². The Balaban J connectivity index is 1.56. The smallest absolute Gasteiger partial charge is 0.475 e. The van der Waals surface area contributed by atoms with Gasteiger partial charge in [0, 0.05) is 0 Å². The average molecular weight is 363 g/mol. The van der Waals surface area contributed by atoms with Gasteiger partial charge in [-0.15, -0.1) is 13.2 Å². The van der Waals surface area contributed by atoms with Crippen LogP contribution >= 0.6 is 0 Å². The summed E-state index contributed by atoms with van der Waals surface area (Å²) in [6.07, 6.45) is -1.11. The van der Waals surface area contributed by atoms with Crippen molar-refractivity contribution >= 4 is 11.0 Å². The fraction of sp³-hybridized carbons (Fsp3) is 0.316. The van der Waals surface area contributed by atoms with Crippen molar-refractivity contribution in [2.75, 3.05) is 6.61 Å². The molecule has 1 aliphatic rings. The van der Waals surface area contributed by atoms with Crippen molar-refractivity contribution in [3.05, 3.63) is 42.5 Å². The molecule has 136 valence electrons. The zero-order valence-corrected chi connectivity index (χ0v) is 13.8. The topological polar surface area (TPSA) is 44.5 Å². The summed E-state index contributed by atoms with van der Waals surface area (Å²) in [5.41, 5.74) is 2.19. The maximum absolute atomic E-state index is 12.3. The normalized spacial score (nSPS) is 15.0. The Labute approximate surface area is 147 Å². The van der Waals surface area contributed by atoms with Crippen LogP contribution in [0.2, 0.25) is 0 Å². The summed E-state index contributed by atoms with van der Waals surface area (Å²) < 4.78 is 51.7. The van der Waals surface area contributed by atoms with Crippen molar-refractivity contribution in [3.63, 3.8) is 0 Å². The van der Waals surface area contributed by atoms with E-state index in [0.717, 1.165) is 16.5 Å². The van der Waals surface area contributed by atoms with Gasteiger partial charge in [0.2, 0.25) is 0 Å². The minimum Gasteiger partial charge on any atom is -0.475 e. The standard InChI is InChI=1S/C19H16F3NO3/c20-19(21,22)25-15-7-4-13(5-8-15)14-6-9-17-16(10-14)18(23-26-17)24-11-12-2-1-3-12/h4-10,12H,1-3,11H2. The molecule has 1 fully saturated rings. The van der Waals surface area contributed by atoms with Crippen molar-refractivity contribution < 1.29 is 27.2 Å². The summed E-state index contributed by atoms with van der Waals surface area (Å²) in [7, 11) is 0. The Bertz CT molecular complexity index is 899. The molecular formula is C19H16F3NO3. The second-order valence-corrected chi connectivity index (χ2v) is 6.38. The van der Waals surface area contributed by atoms with Crippen LogP contribution in [-0.4, -0.2) is 18.1 Å². The van der Waals surface area contributed by atoms with Gasteiger partial charge in [-0.2, -0.15) is 0 Å². The molecule has 26 heavy (non-hydrogen) atoms. The zero-order chi connectivity index (χ0) is 18.1. The van der Waals surface area contributed by atoms with E-state index in [1.807, 2.05) is 12.1 Å². The van der Waals surface area contributed by atoms with Crippen LogP contribution in [-0.2, 0) is 0 Å². The number of halogens is 3. The first-order chi connectivity index (χ1) is 12.5. The number of hydrogen-bond acceptors (Lipinski definition) is 4. The number of rotatable bonds is 5. The molecule has 0 bridgehead atoms. The average Bonchev–Trinajstić information content (AvgIpc) is 2.95. The first-order valence-electron chi connectivity index (χ1n) is 8.36. The van der Waals surface area contributed by atoms with E-state index < -0.39 is 6.36 Å². The van der Waals surface area contributed by atoms with E-state index in [1.165, 1.54) is 31.4 Å². The number of alkyl halides is 3. The van der Waals surface area contributed by atoms with Crippen LogP contribution in [0, 0.1) is 5.92 Å². The lowest BCUT2D eigenvalue weighted by Crippen LogP contribution is -2.19. The SMILES string of the molecule is FC(F)(F)Oc1ccc(-c2ccc3onc(OCC4CCC4)c3c2)cc1. The molecule has 4 nitrogen and oxygen atoms in total. The van der Waals surface area contributed by atoms with Gasteiger partial charge in [-0.25, -0.2) is 0 Å². The predicted molar refractivity (Wildman–Crippen MR) is 89.0 cm³/mol. The van der Waals surface area contributed by atoms with Crippen LogP contribution in [0.25, 0.3) is 22.1 Å². The Kier molecular flexibility index (Phi) is 4.22. The lowest BCUT2D eigenvalue weighted by Gasteiger charge is -2.24. The third-order valence-electron chi connectivity index (χ3n) is 4.54. The van der Waals surface area contributed by atoms with Crippen LogP contribution in [0.5, 0.6) is 11.6 Å². The monoisotopic (exact) mass is 363 g/mol. The summed E-state index contributed by atoms with van der Waals surface area (Å²) in [6.45, 7) is 0.620. The molecule has 3 aromatic rings. The minimum absolute atomic E-state index is 0.253. The summed E-state index contributed by atoms with van der Waals surface area (Å²) in [4.78, 5) is 0. The van der Waals surface area contributed by atoms with E-state index in [1.54, 1.807) is 18.2 Å². The third-order valence-corrected chi connectivity index (χ3v) is 4.54. The Morgan fingerprint density at radius 1 is 1.04 bits per heavy atom. The van der Waals surface area contributed by atoms with Crippen LogP contribution in [0.4, 0.5) is 13.2 Å². The lowest BCUT2D eigenvalue weighted by atomic mass is 9.86. The molecule has 0 unspecified atom stereocenters. The number of hydrogen-bond donors (Lipinski definition) is 0. The molecule has 0 aliphatic heterocycles. The fourth-order valence-corrected chi connectivity index (χ4v) is 2.91. The molecule has 1 aromatic heterocycles. The number of ether oxygens (including phenoxy) is 2. The quantitative estimate of drug-likeness (QED) is 0.594. The molecule has 0 amide bonds. The highest BCUT2D eigenvalue weighted by molar-refractivity contribution is 5.87. The highest BCUT2D eigenvalue weighted by Gasteiger charge is 2.31. The number of fused-ring (bicyclic) bond motifs is 1. The van der Waals surface area contributed by atoms with Crippen LogP contribution < -0.4 is 9.47 Å². The summed E-state index contributed by atoms with van der Waals surface area (Å²) in [5.74, 6) is 0.772. The third kappa shape index (κ3) is 3.61. The second-order valence-electron chi connectivity index (χ2n) is 6.38. The van der Waals surface area contributed by atoms with Gasteiger partial charge in [0.05, 0.1) is 12.0 Å².